The third-order valence-corrected chi connectivity index (χ3v) is 5.98. The third-order valence-electron chi connectivity index (χ3n) is 5.98. The van der Waals surface area contributed by atoms with Crippen molar-refractivity contribution < 1.29 is 14.4 Å². The molecule has 0 atom stereocenters. The van der Waals surface area contributed by atoms with Crippen molar-refractivity contribution in [3.05, 3.63) is 66.2 Å². The summed E-state index contributed by atoms with van der Waals surface area (Å²) in [4.78, 5) is 9.27. The fourth-order valence-electron chi connectivity index (χ4n) is 4.03. The zero-order chi connectivity index (χ0) is 21.9. The molecule has 0 spiro atoms. The Morgan fingerprint density at radius 2 is 1.84 bits per heavy atom. The molecule has 7 heteroatoms. The van der Waals surface area contributed by atoms with Crippen molar-refractivity contribution >= 4 is 21.7 Å². The van der Waals surface area contributed by atoms with E-state index >= 15 is 0 Å². The van der Waals surface area contributed by atoms with Gasteiger partial charge in [0.2, 0.25) is 0 Å². The number of hydrogen-bond donors (Lipinski definition) is 1. The van der Waals surface area contributed by atoms with E-state index in [1.165, 1.54) is 0 Å². The molecule has 2 aromatic heterocycles. The quantitative estimate of drug-likeness (QED) is 0.386. The van der Waals surface area contributed by atoms with Crippen LogP contribution in [0.25, 0.3) is 33.2 Å². The van der Waals surface area contributed by atoms with Crippen LogP contribution in [0.2, 0.25) is 0 Å². The molecule has 7 nitrogen and oxygen atoms in total. The molecule has 2 aromatic carbocycles. The molecular weight excluding hydrogens is 404 g/mol. The predicted octanol–water partition coefficient (Wildman–Crippen LogP) is 3.56. The van der Waals surface area contributed by atoms with Crippen LogP contribution in [0, 0.1) is 0 Å². The lowest BCUT2D eigenvalue weighted by molar-refractivity contribution is 0.134. The average Bonchev–Trinajstić information content (AvgIpc) is 2.84. The number of piperazine rings is 1. The molecule has 5 rings (SSSR count). The van der Waals surface area contributed by atoms with Crippen LogP contribution in [0.4, 0.5) is 0 Å². The monoisotopic (exact) mass is 430 g/mol. The smallest absolute Gasteiger partial charge is 0.155 e. The molecule has 0 unspecified atom stereocenters. The molecule has 0 bridgehead atoms. The largest absolute Gasteiger partial charge is 0.492 e. The van der Waals surface area contributed by atoms with Gasteiger partial charge in [0.05, 0.1) is 5.39 Å². The Kier molecular flexibility index (Phi) is 5.75. The summed E-state index contributed by atoms with van der Waals surface area (Å²) in [6.07, 6.45) is 1.82. The summed E-state index contributed by atoms with van der Waals surface area (Å²) in [5, 5.41) is 16.4. The Balaban J connectivity index is 1.38. The predicted molar refractivity (Wildman–Crippen MR) is 124 cm³/mol. The van der Waals surface area contributed by atoms with Gasteiger partial charge >= 0.3 is 0 Å². The summed E-state index contributed by atoms with van der Waals surface area (Å²) < 4.78 is 12.1. The number of likely N-dealkylation sites (N-methyl/N-ethyl adjacent to an activating group) is 1. The maximum Gasteiger partial charge on any atom is 0.155 e. The molecule has 1 aliphatic rings. The number of benzene rings is 2. The van der Waals surface area contributed by atoms with Crippen LogP contribution in [0.3, 0.4) is 0 Å². The van der Waals surface area contributed by atoms with Crippen LogP contribution in [0.5, 0.6) is 5.75 Å². The van der Waals surface area contributed by atoms with Gasteiger partial charge in [-0.05, 0) is 36.7 Å². The minimum atomic E-state index is 0.417. The summed E-state index contributed by atoms with van der Waals surface area (Å²) in [6.45, 7) is 5.81. The van der Waals surface area contributed by atoms with E-state index in [-0.39, 0.29) is 0 Å². The van der Waals surface area contributed by atoms with Gasteiger partial charge < -0.3 is 19.3 Å². The van der Waals surface area contributed by atoms with E-state index in [0.717, 1.165) is 49.2 Å². The van der Waals surface area contributed by atoms with Crippen LogP contribution in [-0.2, 0) is 0 Å². The standard InChI is InChI=1S/C25H26N4O3/c1-28-8-10-29(11-9-28)12-13-31-20-6-7-24-21(15-20)22(27-30)16-25(32-24)23-14-18-4-2-3-5-19(18)17-26-23/h2-7,14-17,30H,8-13H2,1H3/b27-22-. The molecule has 1 saturated heterocycles. The highest BCUT2D eigenvalue weighted by Crippen LogP contribution is 2.26. The first-order chi connectivity index (χ1) is 15.7. The van der Waals surface area contributed by atoms with Crippen molar-refractivity contribution in [2.75, 3.05) is 46.4 Å². The molecule has 4 aromatic rings. The summed E-state index contributed by atoms with van der Waals surface area (Å²) in [5.74, 6) is 1.27. The molecule has 1 fully saturated rings. The summed E-state index contributed by atoms with van der Waals surface area (Å²) in [5.41, 5.74) is 1.29. The molecule has 0 radical (unpaired) electrons. The second-order valence-corrected chi connectivity index (χ2v) is 8.16. The van der Waals surface area contributed by atoms with Gasteiger partial charge in [-0.1, -0.05) is 29.4 Å². The summed E-state index contributed by atoms with van der Waals surface area (Å²) in [6, 6.07) is 17.3. The highest BCUT2D eigenvalue weighted by Gasteiger charge is 2.14. The average molecular weight is 431 g/mol. The van der Waals surface area contributed by atoms with Crippen LogP contribution < -0.4 is 10.1 Å². The Morgan fingerprint density at radius 3 is 2.66 bits per heavy atom. The van der Waals surface area contributed by atoms with Crippen molar-refractivity contribution in [3.8, 4) is 17.2 Å². The van der Waals surface area contributed by atoms with Crippen molar-refractivity contribution in [1.82, 2.24) is 14.8 Å². The van der Waals surface area contributed by atoms with Crippen molar-refractivity contribution in [2.45, 2.75) is 0 Å². The zero-order valence-electron chi connectivity index (χ0n) is 18.1. The lowest BCUT2D eigenvalue weighted by atomic mass is 10.1. The van der Waals surface area contributed by atoms with E-state index in [9.17, 15) is 5.21 Å². The van der Waals surface area contributed by atoms with E-state index in [1.54, 1.807) is 6.07 Å². The number of nitrogens with zero attached hydrogens (tertiary/aromatic N) is 4. The number of hydrogen-bond acceptors (Lipinski definition) is 7. The molecule has 0 saturated carbocycles. The third kappa shape index (κ3) is 4.30. The van der Waals surface area contributed by atoms with Crippen molar-refractivity contribution in [2.24, 2.45) is 5.16 Å². The second-order valence-electron chi connectivity index (χ2n) is 8.16. The van der Waals surface area contributed by atoms with E-state index < -0.39 is 0 Å². The first kappa shape index (κ1) is 20.5. The van der Waals surface area contributed by atoms with E-state index in [2.05, 4.69) is 27.0 Å². The molecule has 164 valence electrons. The summed E-state index contributed by atoms with van der Waals surface area (Å²) >= 11 is 0. The molecule has 3 heterocycles. The molecule has 1 N–H and O–H groups in total. The van der Waals surface area contributed by atoms with Crippen molar-refractivity contribution in [1.29, 1.82) is 0 Å². The SMILES string of the molecule is CN1CCN(CCOc2ccc3oc(-c4cc5ccccc5cn4)c/c(=N/O)c3c2)CC1. The Bertz CT molecular complexity index is 1310. The molecular formula is C25H26N4O3. The maximum atomic E-state index is 9.65. The van der Waals surface area contributed by atoms with Gasteiger partial charge in [-0.2, -0.15) is 0 Å². The molecule has 1 aliphatic heterocycles. The Hall–Kier alpha value is -3.42. The Labute approximate surface area is 186 Å². The highest BCUT2D eigenvalue weighted by atomic mass is 16.5. The number of aromatic nitrogens is 1. The minimum Gasteiger partial charge on any atom is -0.492 e. The first-order valence-electron chi connectivity index (χ1n) is 10.8. The van der Waals surface area contributed by atoms with E-state index in [4.69, 9.17) is 9.15 Å². The number of fused-ring (bicyclic) bond motifs is 2. The van der Waals surface area contributed by atoms with E-state index in [0.29, 0.717) is 34.4 Å². The van der Waals surface area contributed by atoms with Crippen LogP contribution in [0.15, 0.2) is 70.4 Å². The van der Waals surface area contributed by atoms with Gasteiger partial charge in [-0.15, -0.1) is 0 Å². The Morgan fingerprint density at radius 1 is 1.03 bits per heavy atom. The highest BCUT2D eigenvalue weighted by molar-refractivity contribution is 5.85. The van der Waals surface area contributed by atoms with Crippen LogP contribution in [0.1, 0.15) is 0 Å². The van der Waals surface area contributed by atoms with Crippen LogP contribution >= 0.6 is 0 Å². The number of ether oxygens (including phenoxy) is 1. The second kappa shape index (κ2) is 8.98. The van der Waals surface area contributed by atoms with Crippen molar-refractivity contribution in [3.63, 3.8) is 0 Å². The normalized spacial score (nSPS) is 16.1. The van der Waals surface area contributed by atoms with Crippen LogP contribution in [-0.4, -0.2) is 66.4 Å². The number of pyridine rings is 1. The molecule has 0 amide bonds. The zero-order valence-corrected chi connectivity index (χ0v) is 18.1. The van der Waals surface area contributed by atoms with E-state index in [1.807, 2.05) is 54.7 Å². The first-order valence-corrected chi connectivity index (χ1v) is 10.8. The van der Waals surface area contributed by atoms with Gasteiger partial charge in [-0.3, -0.25) is 9.88 Å². The van der Waals surface area contributed by atoms with Gasteiger partial charge in [0, 0.05) is 50.4 Å². The minimum absolute atomic E-state index is 0.417. The van der Waals surface area contributed by atoms with Gasteiger partial charge in [0.15, 0.2) is 5.76 Å². The van der Waals surface area contributed by atoms with Gasteiger partial charge in [-0.25, -0.2) is 0 Å². The topological polar surface area (TPSA) is 74.3 Å². The lowest BCUT2D eigenvalue weighted by Gasteiger charge is -2.32. The number of rotatable bonds is 5. The molecule has 0 aliphatic carbocycles. The maximum absolute atomic E-state index is 9.65. The molecule has 32 heavy (non-hydrogen) atoms. The fourth-order valence-corrected chi connectivity index (χ4v) is 4.03. The van der Waals surface area contributed by atoms with Gasteiger partial charge in [0.25, 0.3) is 0 Å². The summed E-state index contributed by atoms with van der Waals surface area (Å²) in [7, 11) is 2.15. The van der Waals surface area contributed by atoms with Gasteiger partial charge in [0.1, 0.15) is 29.0 Å². The lowest BCUT2D eigenvalue weighted by Crippen LogP contribution is -2.45. The fraction of sp³-hybridized carbons (Fsp3) is 0.280.